The number of carbonyl (C=O) groups is 3. The molecule has 2 aromatic rings. The van der Waals surface area contributed by atoms with E-state index < -0.39 is 24.3 Å². The van der Waals surface area contributed by atoms with Crippen molar-refractivity contribution >= 4 is 23.9 Å². The van der Waals surface area contributed by atoms with Crippen LogP contribution < -0.4 is 15.4 Å². The normalized spacial score (nSPS) is 10.7. The maximum Gasteiger partial charge on any atom is 0.322 e. The Morgan fingerprint density at radius 2 is 1.69 bits per heavy atom. The molecule has 0 bridgehead atoms. The fourth-order valence-corrected chi connectivity index (χ4v) is 2.06. The van der Waals surface area contributed by atoms with Gasteiger partial charge in [0.05, 0.1) is 7.11 Å². The van der Waals surface area contributed by atoms with E-state index in [1.54, 1.807) is 54.6 Å². The molecule has 0 aliphatic carbocycles. The van der Waals surface area contributed by atoms with E-state index in [1.807, 2.05) is 0 Å². The highest BCUT2D eigenvalue weighted by atomic mass is 16.5. The largest absolute Gasteiger partial charge is 0.497 e. The van der Waals surface area contributed by atoms with Gasteiger partial charge in [0.1, 0.15) is 18.0 Å². The number of rotatable bonds is 7. The molecule has 7 heteroatoms. The number of carboxylic acid groups (broad SMARTS) is 1. The molecule has 0 aliphatic heterocycles. The van der Waals surface area contributed by atoms with Gasteiger partial charge in [0.2, 0.25) is 0 Å². The molecule has 0 fully saturated rings. The zero-order chi connectivity index (χ0) is 18.9. The minimum absolute atomic E-state index is 0.0646. The van der Waals surface area contributed by atoms with E-state index in [1.165, 1.54) is 13.2 Å². The summed E-state index contributed by atoms with van der Waals surface area (Å²) in [5, 5.41) is 13.5. The Morgan fingerprint density at radius 1 is 1.04 bits per heavy atom. The average molecular weight is 354 g/mol. The third kappa shape index (κ3) is 5.48. The standard InChI is InChI=1S/C19H18N2O5/c1-26-15-9-7-13(8-10-15)11-16(19(25)20-12-17(22)23)21-18(24)14-5-3-2-4-6-14/h2-11H,12H2,1H3,(H,20,25)(H,21,24)(H,22,23)/b16-11-. The lowest BCUT2D eigenvalue weighted by Gasteiger charge is -2.10. The molecule has 0 aliphatic rings. The van der Waals surface area contributed by atoms with Gasteiger partial charge in [0.25, 0.3) is 11.8 Å². The number of methoxy groups -OCH3 is 1. The van der Waals surface area contributed by atoms with Crippen LogP contribution in [0, 0.1) is 0 Å². The van der Waals surface area contributed by atoms with Crippen molar-refractivity contribution in [1.82, 2.24) is 10.6 Å². The van der Waals surface area contributed by atoms with Crippen molar-refractivity contribution in [2.75, 3.05) is 13.7 Å². The summed E-state index contributed by atoms with van der Waals surface area (Å²) >= 11 is 0. The van der Waals surface area contributed by atoms with Crippen LogP contribution in [0.1, 0.15) is 15.9 Å². The van der Waals surface area contributed by atoms with Crippen molar-refractivity contribution in [1.29, 1.82) is 0 Å². The summed E-state index contributed by atoms with van der Waals surface area (Å²) in [5.41, 5.74) is 0.948. The number of carboxylic acids is 1. The van der Waals surface area contributed by atoms with Crippen molar-refractivity contribution in [2.45, 2.75) is 0 Å². The number of carbonyl (C=O) groups excluding carboxylic acids is 2. The molecular weight excluding hydrogens is 336 g/mol. The molecular formula is C19H18N2O5. The van der Waals surface area contributed by atoms with Crippen LogP contribution in [0.15, 0.2) is 60.3 Å². The first-order chi connectivity index (χ1) is 12.5. The molecule has 2 rings (SSSR count). The molecule has 0 aromatic heterocycles. The highest BCUT2D eigenvalue weighted by molar-refractivity contribution is 6.05. The van der Waals surface area contributed by atoms with E-state index in [-0.39, 0.29) is 5.70 Å². The molecule has 26 heavy (non-hydrogen) atoms. The third-order valence-corrected chi connectivity index (χ3v) is 3.36. The van der Waals surface area contributed by atoms with Gasteiger partial charge in [-0.05, 0) is 35.9 Å². The quantitative estimate of drug-likeness (QED) is 0.656. The van der Waals surface area contributed by atoms with Gasteiger partial charge in [0.15, 0.2) is 0 Å². The van der Waals surface area contributed by atoms with Gasteiger partial charge < -0.3 is 20.5 Å². The minimum Gasteiger partial charge on any atom is -0.497 e. The Hall–Kier alpha value is -3.61. The maximum absolute atomic E-state index is 12.3. The fraction of sp³-hybridized carbons (Fsp3) is 0.105. The zero-order valence-corrected chi connectivity index (χ0v) is 14.1. The Morgan fingerprint density at radius 3 is 2.27 bits per heavy atom. The molecule has 0 heterocycles. The molecule has 2 aromatic carbocycles. The van der Waals surface area contributed by atoms with E-state index in [9.17, 15) is 14.4 Å². The molecule has 3 N–H and O–H groups in total. The van der Waals surface area contributed by atoms with E-state index >= 15 is 0 Å². The van der Waals surface area contributed by atoms with Crippen LogP contribution in [0.3, 0.4) is 0 Å². The first-order valence-electron chi connectivity index (χ1n) is 7.71. The summed E-state index contributed by atoms with van der Waals surface area (Å²) in [6.07, 6.45) is 1.46. The smallest absolute Gasteiger partial charge is 0.322 e. The summed E-state index contributed by atoms with van der Waals surface area (Å²) in [4.78, 5) is 35.2. The molecule has 0 unspecified atom stereocenters. The lowest BCUT2D eigenvalue weighted by Crippen LogP contribution is -2.37. The van der Waals surface area contributed by atoms with Crippen molar-refractivity contribution in [3.63, 3.8) is 0 Å². The number of benzene rings is 2. The van der Waals surface area contributed by atoms with E-state index in [2.05, 4.69) is 10.6 Å². The highest BCUT2D eigenvalue weighted by Gasteiger charge is 2.15. The Balaban J connectivity index is 2.25. The lowest BCUT2D eigenvalue weighted by atomic mass is 10.1. The third-order valence-electron chi connectivity index (χ3n) is 3.36. The van der Waals surface area contributed by atoms with Crippen molar-refractivity contribution in [3.8, 4) is 5.75 Å². The maximum atomic E-state index is 12.3. The van der Waals surface area contributed by atoms with Gasteiger partial charge in [-0.2, -0.15) is 0 Å². The number of aliphatic carboxylic acids is 1. The van der Waals surface area contributed by atoms with Crippen LogP contribution in [-0.4, -0.2) is 36.5 Å². The lowest BCUT2D eigenvalue weighted by molar-refractivity contribution is -0.137. The second-order valence-electron chi connectivity index (χ2n) is 5.23. The molecule has 2 amide bonds. The summed E-state index contributed by atoms with van der Waals surface area (Å²) in [6, 6.07) is 15.2. The van der Waals surface area contributed by atoms with Crippen molar-refractivity contribution in [2.24, 2.45) is 0 Å². The molecule has 0 saturated carbocycles. The molecule has 7 nitrogen and oxygen atoms in total. The van der Waals surface area contributed by atoms with Crippen molar-refractivity contribution < 1.29 is 24.2 Å². The van der Waals surface area contributed by atoms with Gasteiger partial charge in [0, 0.05) is 5.56 Å². The van der Waals surface area contributed by atoms with E-state index in [0.29, 0.717) is 16.9 Å². The summed E-state index contributed by atoms with van der Waals surface area (Å²) < 4.78 is 5.07. The topological polar surface area (TPSA) is 105 Å². The number of hydrogen-bond acceptors (Lipinski definition) is 4. The Kier molecular flexibility index (Phi) is 6.50. The second-order valence-corrected chi connectivity index (χ2v) is 5.23. The van der Waals surface area contributed by atoms with Crippen LogP contribution in [0.25, 0.3) is 6.08 Å². The molecule has 0 saturated heterocycles. The van der Waals surface area contributed by atoms with Gasteiger partial charge in [-0.15, -0.1) is 0 Å². The van der Waals surface area contributed by atoms with Crippen LogP contribution >= 0.6 is 0 Å². The Bertz CT molecular complexity index is 814. The van der Waals surface area contributed by atoms with Gasteiger partial charge in [-0.25, -0.2) is 0 Å². The fourth-order valence-electron chi connectivity index (χ4n) is 2.06. The summed E-state index contributed by atoms with van der Waals surface area (Å²) in [5.74, 6) is -1.72. The average Bonchev–Trinajstić information content (AvgIpc) is 2.66. The van der Waals surface area contributed by atoms with Crippen LogP contribution in [0.2, 0.25) is 0 Å². The minimum atomic E-state index is -1.18. The van der Waals surface area contributed by atoms with Crippen LogP contribution in [0.4, 0.5) is 0 Å². The predicted molar refractivity (Wildman–Crippen MR) is 95.5 cm³/mol. The number of ether oxygens (including phenoxy) is 1. The monoisotopic (exact) mass is 354 g/mol. The van der Waals surface area contributed by atoms with Crippen LogP contribution in [0.5, 0.6) is 5.75 Å². The molecule has 0 spiro atoms. The predicted octanol–water partition coefficient (Wildman–Crippen LogP) is 1.67. The van der Waals surface area contributed by atoms with Crippen molar-refractivity contribution in [3.05, 3.63) is 71.4 Å². The second kappa shape index (κ2) is 9.03. The van der Waals surface area contributed by atoms with Gasteiger partial charge in [-0.1, -0.05) is 30.3 Å². The Labute approximate surface area is 150 Å². The molecule has 0 radical (unpaired) electrons. The molecule has 0 atom stereocenters. The number of amides is 2. The molecule has 134 valence electrons. The first-order valence-corrected chi connectivity index (χ1v) is 7.71. The van der Waals surface area contributed by atoms with Crippen LogP contribution in [-0.2, 0) is 9.59 Å². The number of hydrogen-bond donors (Lipinski definition) is 3. The summed E-state index contributed by atoms with van der Waals surface area (Å²) in [6.45, 7) is -0.556. The SMILES string of the molecule is COc1ccc(/C=C(\NC(=O)c2ccccc2)C(=O)NCC(=O)O)cc1. The number of nitrogens with one attached hydrogen (secondary N) is 2. The first kappa shape index (κ1) is 18.7. The van der Waals surface area contributed by atoms with Gasteiger partial charge in [-0.3, -0.25) is 14.4 Å². The van der Waals surface area contributed by atoms with Gasteiger partial charge >= 0.3 is 5.97 Å². The zero-order valence-electron chi connectivity index (χ0n) is 14.1. The highest BCUT2D eigenvalue weighted by Crippen LogP contribution is 2.14. The summed E-state index contributed by atoms with van der Waals surface area (Å²) in [7, 11) is 1.54. The van der Waals surface area contributed by atoms with E-state index in [4.69, 9.17) is 9.84 Å². The van der Waals surface area contributed by atoms with E-state index in [0.717, 1.165) is 0 Å².